The lowest BCUT2D eigenvalue weighted by Crippen LogP contribution is -2.41. The standard InChI is InChI=1S/C9H20N2O2S2/c1-8(6-10-2)15(12,13)11-7-9(14-3)4-5-9/h8,10-11H,4-7H2,1-3H3. The van der Waals surface area contributed by atoms with Crippen LogP contribution in [0.5, 0.6) is 0 Å². The molecular weight excluding hydrogens is 232 g/mol. The Hall–Kier alpha value is 0.220. The maximum Gasteiger partial charge on any atom is 0.215 e. The second kappa shape index (κ2) is 5.03. The lowest BCUT2D eigenvalue weighted by molar-refractivity contribution is 0.562. The Bertz CT molecular complexity index is 299. The van der Waals surface area contributed by atoms with Gasteiger partial charge >= 0.3 is 0 Å². The van der Waals surface area contributed by atoms with Crippen LogP contribution in [0.2, 0.25) is 0 Å². The summed E-state index contributed by atoms with van der Waals surface area (Å²) in [4.78, 5) is 0. The summed E-state index contributed by atoms with van der Waals surface area (Å²) in [7, 11) is -1.39. The first-order valence-electron chi connectivity index (χ1n) is 5.14. The fourth-order valence-corrected chi connectivity index (χ4v) is 3.33. The van der Waals surface area contributed by atoms with Gasteiger partial charge in [-0.3, -0.25) is 0 Å². The van der Waals surface area contributed by atoms with Gasteiger partial charge in [-0.25, -0.2) is 13.1 Å². The Morgan fingerprint density at radius 1 is 1.47 bits per heavy atom. The van der Waals surface area contributed by atoms with Crippen molar-refractivity contribution in [1.82, 2.24) is 10.0 Å². The van der Waals surface area contributed by atoms with Crippen LogP contribution in [-0.4, -0.2) is 44.8 Å². The van der Waals surface area contributed by atoms with Crippen LogP contribution >= 0.6 is 11.8 Å². The predicted octanol–water partition coefficient (Wildman–Crippen LogP) is 0.409. The summed E-state index contributed by atoms with van der Waals surface area (Å²) in [6, 6.07) is 0. The molecule has 1 atom stereocenters. The summed E-state index contributed by atoms with van der Waals surface area (Å²) in [6.45, 7) is 2.78. The Morgan fingerprint density at radius 3 is 2.47 bits per heavy atom. The van der Waals surface area contributed by atoms with E-state index in [1.165, 1.54) is 0 Å². The first kappa shape index (κ1) is 13.3. The smallest absolute Gasteiger partial charge is 0.215 e. The van der Waals surface area contributed by atoms with Gasteiger partial charge in [-0.05, 0) is 33.1 Å². The maximum absolute atomic E-state index is 11.8. The Balaban J connectivity index is 2.43. The monoisotopic (exact) mass is 252 g/mol. The molecule has 0 bridgehead atoms. The van der Waals surface area contributed by atoms with Gasteiger partial charge < -0.3 is 5.32 Å². The third kappa shape index (κ3) is 3.62. The van der Waals surface area contributed by atoms with Crippen molar-refractivity contribution in [3.63, 3.8) is 0 Å². The van der Waals surface area contributed by atoms with Crippen molar-refractivity contribution >= 4 is 21.8 Å². The lowest BCUT2D eigenvalue weighted by atomic mass is 10.4. The fraction of sp³-hybridized carbons (Fsp3) is 1.00. The van der Waals surface area contributed by atoms with Crippen LogP contribution in [0.15, 0.2) is 0 Å². The predicted molar refractivity (Wildman–Crippen MR) is 65.8 cm³/mol. The minimum absolute atomic E-state index is 0.187. The summed E-state index contributed by atoms with van der Waals surface area (Å²) < 4.78 is 26.4. The summed E-state index contributed by atoms with van der Waals surface area (Å²) in [5, 5.41) is 2.50. The summed E-state index contributed by atoms with van der Waals surface area (Å²) in [5.74, 6) is 0. The van der Waals surface area contributed by atoms with Crippen molar-refractivity contribution in [2.75, 3.05) is 26.4 Å². The van der Waals surface area contributed by atoms with Crippen molar-refractivity contribution < 1.29 is 8.42 Å². The van der Waals surface area contributed by atoms with Gasteiger partial charge in [-0.2, -0.15) is 11.8 Å². The molecule has 0 heterocycles. The highest BCUT2D eigenvalue weighted by atomic mass is 32.2. The first-order chi connectivity index (χ1) is 6.96. The minimum atomic E-state index is -3.15. The van der Waals surface area contributed by atoms with E-state index in [0.717, 1.165) is 12.8 Å². The van der Waals surface area contributed by atoms with Crippen LogP contribution in [0.1, 0.15) is 19.8 Å². The van der Waals surface area contributed by atoms with E-state index in [1.54, 1.807) is 25.7 Å². The molecule has 4 nitrogen and oxygen atoms in total. The van der Waals surface area contributed by atoms with Gasteiger partial charge in [-0.15, -0.1) is 0 Å². The molecule has 15 heavy (non-hydrogen) atoms. The van der Waals surface area contributed by atoms with Crippen LogP contribution in [-0.2, 0) is 10.0 Å². The van der Waals surface area contributed by atoms with Crippen LogP contribution < -0.4 is 10.0 Å². The zero-order chi connectivity index (χ0) is 11.5. The van der Waals surface area contributed by atoms with E-state index in [1.807, 2.05) is 6.26 Å². The average Bonchev–Trinajstić information content (AvgIpc) is 2.96. The number of rotatable bonds is 7. The van der Waals surface area contributed by atoms with Gasteiger partial charge in [0.1, 0.15) is 0 Å². The van der Waals surface area contributed by atoms with Crippen molar-refractivity contribution in [3.8, 4) is 0 Å². The van der Waals surface area contributed by atoms with E-state index in [-0.39, 0.29) is 10.00 Å². The molecule has 0 aliphatic heterocycles. The third-order valence-electron chi connectivity index (χ3n) is 2.86. The van der Waals surface area contributed by atoms with Crippen LogP contribution in [0.25, 0.3) is 0 Å². The molecule has 1 rings (SSSR count). The van der Waals surface area contributed by atoms with Gasteiger partial charge in [0.2, 0.25) is 10.0 Å². The fourth-order valence-electron chi connectivity index (χ4n) is 1.36. The zero-order valence-corrected chi connectivity index (χ0v) is 11.2. The van der Waals surface area contributed by atoms with E-state index in [9.17, 15) is 8.42 Å². The van der Waals surface area contributed by atoms with Crippen molar-refractivity contribution in [1.29, 1.82) is 0 Å². The normalized spacial score (nSPS) is 21.3. The summed E-state index contributed by atoms with van der Waals surface area (Å²) in [5.41, 5.74) is 0. The first-order valence-corrected chi connectivity index (χ1v) is 7.91. The average molecular weight is 252 g/mol. The third-order valence-corrected chi connectivity index (χ3v) is 6.05. The highest BCUT2D eigenvalue weighted by molar-refractivity contribution is 8.00. The van der Waals surface area contributed by atoms with E-state index >= 15 is 0 Å². The van der Waals surface area contributed by atoms with Crippen LogP contribution in [0.3, 0.4) is 0 Å². The highest BCUT2D eigenvalue weighted by Crippen LogP contribution is 2.46. The van der Waals surface area contributed by atoms with E-state index < -0.39 is 10.0 Å². The second-order valence-electron chi connectivity index (χ2n) is 4.12. The molecule has 1 aliphatic carbocycles. The molecular formula is C9H20N2O2S2. The highest BCUT2D eigenvalue weighted by Gasteiger charge is 2.42. The van der Waals surface area contributed by atoms with Gasteiger partial charge in [0.25, 0.3) is 0 Å². The topological polar surface area (TPSA) is 58.2 Å². The van der Waals surface area contributed by atoms with Crippen molar-refractivity contribution in [2.24, 2.45) is 0 Å². The number of hydrogen-bond donors (Lipinski definition) is 2. The summed E-state index contributed by atoms with van der Waals surface area (Å²) in [6.07, 6.45) is 4.28. The van der Waals surface area contributed by atoms with Gasteiger partial charge in [0, 0.05) is 17.8 Å². The van der Waals surface area contributed by atoms with Crippen molar-refractivity contribution in [2.45, 2.75) is 29.8 Å². The number of sulfonamides is 1. The van der Waals surface area contributed by atoms with E-state index in [4.69, 9.17) is 0 Å². The molecule has 0 aromatic carbocycles. The molecule has 0 spiro atoms. The molecule has 0 radical (unpaired) electrons. The van der Waals surface area contributed by atoms with Gasteiger partial charge in [0.05, 0.1) is 5.25 Å². The second-order valence-corrected chi connectivity index (χ2v) is 7.58. The number of nitrogens with one attached hydrogen (secondary N) is 2. The lowest BCUT2D eigenvalue weighted by Gasteiger charge is -2.17. The van der Waals surface area contributed by atoms with Gasteiger partial charge in [0.15, 0.2) is 0 Å². The number of hydrogen-bond acceptors (Lipinski definition) is 4. The molecule has 90 valence electrons. The molecule has 2 N–H and O–H groups in total. The van der Waals surface area contributed by atoms with E-state index in [0.29, 0.717) is 13.1 Å². The molecule has 1 saturated carbocycles. The summed E-state index contributed by atoms with van der Waals surface area (Å²) >= 11 is 1.76. The van der Waals surface area contributed by atoms with Gasteiger partial charge in [-0.1, -0.05) is 0 Å². The van der Waals surface area contributed by atoms with Crippen LogP contribution in [0.4, 0.5) is 0 Å². The Morgan fingerprint density at radius 2 is 2.07 bits per heavy atom. The van der Waals surface area contributed by atoms with Crippen molar-refractivity contribution in [3.05, 3.63) is 0 Å². The maximum atomic E-state index is 11.8. The molecule has 0 aromatic heterocycles. The minimum Gasteiger partial charge on any atom is -0.318 e. The SMILES string of the molecule is CNCC(C)S(=O)(=O)NCC1(SC)CC1. The molecule has 0 amide bonds. The molecule has 0 aromatic rings. The number of thioether (sulfide) groups is 1. The largest absolute Gasteiger partial charge is 0.318 e. The van der Waals surface area contributed by atoms with E-state index in [2.05, 4.69) is 10.0 Å². The molecule has 0 saturated heterocycles. The van der Waals surface area contributed by atoms with Crippen LogP contribution in [0, 0.1) is 0 Å². The molecule has 1 unspecified atom stereocenters. The molecule has 1 fully saturated rings. The Kier molecular flexibility index (Phi) is 4.46. The molecule has 6 heteroatoms. The molecule has 1 aliphatic rings. The Labute approximate surface area is 96.6 Å². The zero-order valence-electron chi connectivity index (χ0n) is 9.54. The quantitative estimate of drug-likeness (QED) is 0.689.